The van der Waals surface area contributed by atoms with Crippen LogP contribution in [0.4, 0.5) is 0 Å². The summed E-state index contributed by atoms with van der Waals surface area (Å²) in [5.74, 6) is 0.0305. The molecule has 2 rings (SSSR count). The molecular formula is C12H14BrNO2S. The van der Waals surface area contributed by atoms with Crippen LogP contribution in [-0.2, 0) is 4.74 Å². The number of halogens is 1. The van der Waals surface area contributed by atoms with Crippen molar-refractivity contribution in [3.05, 3.63) is 28.2 Å². The second-order valence-electron chi connectivity index (χ2n) is 4.10. The predicted octanol–water partition coefficient (Wildman–Crippen LogP) is 2.60. The van der Waals surface area contributed by atoms with Gasteiger partial charge in [0, 0.05) is 22.5 Å². The van der Waals surface area contributed by atoms with Crippen molar-refractivity contribution in [2.75, 3.05) is 19.7 Å². The lowest BCUT2D eigenvalue weighted by Gasteiger charge is -2.31. The molecule has 0 aromatic heterocycles. The van der Waals surface area contributed by atoms with Crippen molar-refractivity contribution in [2.45, 2.75) is 17.9 Å². The second-order valence-corrected chi connectivity index (χ2v) is 5.47. The number of rotatable bonds is 1. The summed E-state index contributed by atoms with van der Waals surface area (Å²) in [6.07, 6.45) is 0.102. The minimum atomic E-state index is 0.0305. The number of hydrogen-bond acceptors (Lipinski definition) is 3. The van der Waals surface area contributed by atoms with Crippen LogP contribution in [0.3, 0.4) is 0 Å². The van der Waals surface area contributed by atoms with Gasteiger partial charge in [0.25, 0.3) is 5.91 Å². The standard InChI is InChI=1S/C12H14BrNO2S/c1-8-7-14(4-5-16-8)12(15)10-6-9(17)2-3-11(10)13/h2-3,6,8,17H,4-5,7H2,1H3. The molecule has 0 bridgehead atoms. The van der Waals surface area contributed by atoms with E-state index in [-0.39, 0.29) is 12.0 Å². The van der Waals surface area contributed by atoms with Crippen LogP contribution >= 0.6 is 28.6 Å². The van der Waals surface area contributed by atoms with Crippen LogP contribution in [0.25, 0.3) is 0 Å². The number of nitrogens with zero attached hydrogens (tertiary/aromatic N) is 1. The van der Waals surface area contributed by atoms with Gasteiger partial charge < -0.3 is 9.64 Å². The normalized spacial score (nSPS) is 20.4. The molecule has 1 aliphatic heterocycles. The van der Waals surface area contributed by atoms with Gasteiger partial charge >= 0.3 is 0 Å². The molecule has 1 aromatic rings. The lowest BCUT2D eigenvalue weighted by Crippen LogP contribution is -2.44. The molecule has 1 fully saturated rings. The van der Waals surface area contributed by atoms with Crippen LogP contribution in [0.15, 0.2) is 27.6 Å². The zero-order chi connectivity index (χ0) is 12.4. The molecule has 1 aliphatic rings. The molecule has 1 heterocycles. The number of carbonyl (C=O) groups excluding carboxylic acids is 1. The summed E-state index contributed by atoms with van der Waals surface area (Å²) in [4.78, 5) is 14.9. The zero-order valence-corrected chi connectivity index (χ0v) is 12.0. The van der Waals surface area contributed by atoms with Crippen LogP contribution in [-0.4, -0.2) is 36.6 Å². The van der Waals surface area contributed by atoms with Gasteiger partial charge in [0.2, 0.25) is 0 Å². The maximum atomic E-state index is 12.3. The van der Waals surface area contributed by atoms with E-state index in [0.29, 0.717) is 25.3 Å². The predicted molar refractivity (Wildman–Crippen MR) is 72.7 cm³/mol. The molecule has 0 radical (unpaired) electrons. The molecule has 5 heteroatoms. The van der Waals surface area contributed by atoms with Crippen LogP contribution in [0.1, 0.15) is 17.3 Å². The second kappa shape index (κ2) is 5.42. The van der Waals surface area contributed by atoms with E-state index < -0.39 is 0 Å². The highest BCUT2D eigenvalue weighted by molar-refractivity contribution is 9.10. The Labute approximate surface area is 115 Å². The fourth-order valence-corrected chi connectivity index (χ4v) is 2.47. The molecule has 17 heavy (non-hydrogen) atoms. The van der Waals surface area contributed by atoms with Gasteiger partial charge in [0.15, 0.2) is 0 Å². The Balaban J connectivity index is 2.21. The third-order valence-electron chi connectivity index (χ3n) is 2.71. The fraction of sp³-hybridized carbons (Fsp3) is 0.417. The van der Waals surface area contributed by atoms with E-state index in [2.05, 4.69) is 28.6 Å². The Morgan fingerprint density at radius 3 is 3.06 bits per heavy atom. The van der Waals surface area contributed by atoms with Crippen LogP contribution in [0.2, 0.25) is 0 Å². The molecule has 1 aromatic carbocycles. The average molecular weight is 316 g/mol. The van der Waals surface area contributed by atoms with E-state index >= 15 is 0 Å². The Morgan fingerprint density at radius 2 is 2.35 bits per heavy atom. The molecule has 92 valence electrons. The van der Waals surface area contributed by atoms with E-state index in [1.165, 1.54) is 0 Å². The highest BCUT2D eigenvalue weighted by Gasteiger charge is 2.23. The first kappa shape index (κ1) is 12.9. The molecule has 3 nitrogen and oxygen atoms in total. The number of benzene rings is 1. The third kappa shape index (κ3) is 3.03. The van der Waals surface area contributed by atoms with Gasteiger partial charge in [0.1, 0.15) is 0 Å². The van der Waals surface area contributed by atoms with E-state index in [1.54, 1.807) is 6.07 Å². The van der Waals surface area contributed by atoms with Gasteiger partial charge in [-0.05, 0) is 41.1 Å². The lowest BCUT2D eigenvalue weighted by atomic mass is 10.2. The topological polar surface area (TPSA) is 29.5 Å². The smallest absolute Gasteiger partial charge is 0.255 e. The molecule has 0 aliphatic carbocycles. The Kier molecular flexibility index (Phi) is 4.12. The average Bonchev–Trinajstić information content (AvgIpc) is 2.31. The highest BCUT2D eigenvalue weighted by atomic mass is 79.9. The summed E-state index contributed by atoms with van der Waals surface area (Å²) < 4.78 is 6.23. The van der Waals surface area contributed by atoms with Crippen molar-refractivity contribution in [3.63, 3.8) is 0 Å². The number of hydrogen-bond donors (Lipinski definition) is 1. The fourth-order valence-electron chi connectivity index (χ4n) is 1.85. The zero-order valence-electron chi connectivity index (χ0n) is 9.52. The van der Waals surface area contributed by atoms with Crippen molar-refractivity contribution in [3.8, 4) is 0 Å². The number of ether oxygens (including phenoxy) is 1. The molecular weight excluding hydrogens is 302 g/mol. The maximum Gasteiger partial charge on any atom is 0.255 e. The van der Waals surface area contributed by atoms with Gasteiger partial charge in [-0.1, -0.05) is 0 Å². The Hall–Kier alpha value is -0.520. The van der Waals surface area contributed by atoms with Gasteiger partial charge in [-0.2, -0.15) is 0 Å². The molecule has 1 amide bonds. The number of amides is 1. The summed E-state index contributed by atoms with van der Waals surface area (Å²) >= 11 is 7.66. The lowest BCUT2D eigenvalue weighted by molar-refractivity contribution is -0.0124. The largest absolute Gasteiger partial charge is 0.375 e. The molecule has 1 unspecified atom stereocenters. The first-order valence-corrected chi connectivity index (χ1v) is 6.71. The van der Waals surface area contributed by atoms with E-state index in [0.717, 1.165) is 9.37 Å². The van der Waals surface area contributed by atoms with Gasteiger partial charge in [-0.3, -0.25) is 4.79 Å². The quantitative estimate of drug-likeness (QED) is 0.807. The van der Waals surface area contributed by atoms with Gasteiger partial charge in [-0.15, -0.1) is 12.6 Å². The molecule has 0 N–H and O–H groups in total. The Morgan fingerprint density at radius 1 is 1.59 bits per heavy atom. The monoisotopic (exact) mass is 315 g/mol. The van der Waals surface area contributed by atoms with Crippen LogP contribution in [0.5, 0.6) is 0 Å². The summed E-state index contributed by atoms with van der Waals surface area (Å²) in [6.45, 7) is 3.86. The van der Waals surface area contributed by atoms with Gasteiger partial charge in [-0.25, -0.2) is 0 Å². The summed E-state index contributed by atoms with van der Waals surface area (Å²) in [5, 5.41) is 0. The van der Waals surface area contributed by atoms with Crippen molar-refractivity contribution >= 4 is 34.5 Å². The molecule has 1 atom stereocenters. The number of thiol groups is 1. The molecule has 0 saturated carbocycles. The SMILES string of the molecule is CC1CN(C(=O)c2cc(S)ccc2Br)CCO1. The van der Waals surface area contributed by atoms with E-state index in [9.17, 15) is 4.79 Å². The van der Waals surface area contributed by atoms with Crippen molar-refractivity contribution in [2.24, 2.45) is 0 Å². The van der Waals surface area contributed by atoms with Gasteiger partial charge in [0.05, 0.1) is 18.3 Å². The van der Waals surface area contributed by atoms with Crippen molar-refractivity contribution in [1.82, 2.24) is 4.90 Å². The number of carbonyl (C=O) groups is 1. The first-order valence-electron chi connectivity index (χ1n) is 5.47. The van der Waals surface area contributed by atoms with Crippen molar-refractivity contribution < 1.29 is 9.53 Å². The van der Waals surface area contributed by atoms with E-state index in [4.69, 9.17) is 4.74 Å². The number of morpholine rings is 1. The third-order valence-corrected chi connectivity index (χ3v) is 3.68. The molecule has 0 spiro atoms. The summed E-state index contributed by atoms with van der Waals surface area (Å²) in [6, 6.07) is 5.49. The maximum absolute atomic E-state index is 12.3. The summed E-state index contributed by atoms with van der Waals surface area (Å²) in [7, 11) is 0. The van der Waals surface area contributed by atoms with Crippen LogP contribution in [0, 0.1) is 0 Å². The Bertz CT molecular complexity index is 439. The minimum Gasteiger partial charge on any atom is -0.375 e. The molecule has 1 saturated heterocycles. The van der Waals surface area contributed by atoms with Crippen molar-refractivity contribution in [1.29, 1.82) is 0 Å². The highest BCUT2D eigenvalue weighted by Crippen LogP contribution is 2.22. The van der Waals surface area contributed by atoms with Crippen LogP contribution < -0.4 is 0 Å². The summed E-state index contributed by atoms with van der Waals surface area (Å²) in [5.41, 5.74) is 0.659. The minimum absolute atomic E-state index is 0.0305. The first-order chi connectivity index (χ1) is 8.08. The van der Waals surface area contributed by atoms with E-state index in [1.807, 2.05) is 24.0 Å².